The SMILES string of the molecule is CCCCCCOC(=O)CCCCCCCCCC(CC(=O)OCCCCCC)C(C)C. The largest absolute Gasteiger partial charge is 0.466 e. The van der Waals surface area contributed by atoms with Crippen molar-refractivity contribution in [3.05, 3.63) is 0 Å². The fourth-order valence-corrected chi connectivity index (χ4v) is 4.01. The molecule has 0 saturated heterocycles. The molecule has 1 atom stereocenters. The Morgan fingerprint density at radius 3 is 1.59 bits per heavy atom. The number of esters is 2. The highest BCUT2D eigenvalue weighted by molar-refractivity contribution is 5.69. The molecule has 0 aromatic rings. The van der Waals surface area contributed by atoms with Gasteiger partial charge in [-0.15, -0.1) is 0 Å². The first-order valence-corrected chi connectivity index (χ1v) is 13.8. The van der Waals surface area contributed by atoms with Gasteiger partial charge in [0.2, 0.25) is 0 Å². The monoisotopic (exact) mass is 454 g/mol. The van der Waals surface area contributed by atoms with Crippen molar-refractivity contribution >= 4 is 11.9 Å². The van der Waals surface area contributed by atoms with E-state index in [1.165, 1.54) is 57.8 Å². The first-order chi connectivity index (χ1) is 15.5. The summed E-state index contributed by atoms with van der Waals surface area (Å²) in [6, 6.07) is 0. The maximum absolute atomic E-state index is 12.1. The van der Waals surface area contributed by atoms with E-state index >= 15 is 0 Å². The third-order valence-corrected chi connectivity index (χ3v) is 6.35. The van der Waals surface area contributed by atoms with Gasteiger partial charge in [-0.1, -0.05) is 105 Å². The minimum absolute atomic E-state index is 0.0142. The van der Waals surface area contributed by atoms with Gasteiger partial charge in [-0.25, -0.2) is 0 Å². The smallest absolute Gasteiger partial charge is 0.306 e. The Bertz CT molecular complexity index is 433. The molecule has 4 nitrogen and oxygen atoms in total. The third kappa shape index (κ3) is 20.8. The first kappa shape index (κ1) is 30.9. The zero-order valence-electron chi connectivity index (χ0n) is 21.9. The molecule has 0 rings (SSSR count). The topological polar surface area (TPSA) is 52.6 Å². The van der Waals surface area contributed by atoms with Gasteiger partial charge in [-0.3, -0.25) is 9.59 Å². The number of unbranched alkanes of at least 4 members (excludes halogenated alkanes) is 12. The van der Waals surface area contributed by atoms with Crippen LogP contribution in [0.2, 0.25) is 0 Å². The van der Waals surface area contributed by atoms with E-state index in [9.17, 15) is 9.59 Å². The van der Waals surface area contributed by atoms with Crippen LogP contribution in [0, 0.1) is 11.8 Å². The van der Waals surface area contributed by atoms with E-state index < -0.39 is 0 Å². The third-order valence-electron chi connectivity index (χ3n) is 6.35. The van der Waals surface area contributed by atoms with Gasteiger partial charge >= 0.3 is 11.9 Å². The summed E-state index contributed by atoms with van der Waals surface area (Å²) in [5.74, 6) is 0.917. The zero-order chi connectivity index (χ0) is 23.9. The molecule has 0 amide bonds. The van der Waals surface area contributed by atoms with Gasteiger partial charge in [0.15, 0.2) is 0 Å². The number of hydrogen-bond donors (Lipinski definition) is 0. The second-order valence-corrected chi connectivity index (χ2v) is 9.78. The van der Waals surface area contributed by atoms with Crippen LogP contribution in [-0.4, -0.2) is 25.2 Å². The van der Waals surface area contributed by atoms with Crippen molar-refractivity contribution in [3.63, 3.8) is 0 Å². The molecule has 0 aliphatic carbocycles. The summed E-state index contributed by atoms with van der Waals surface area (Å²) in [6.45, 7) is 9.98. The summed E-state index contributed by atoms with van der Waals surface area (Å²) in [5, 5.41) is 0. The van der Waals surface area contributed by atoms with Crippen LogP contribution in [0.25, 0.3) is 0 Å². The Labute approximate surface area is 199 Å². The van der Waals surface area contributed by atoms with Crippen LogP contribution in [0.15, 0.2) is 0 Å². The fourth-order valence-electron chi connectivity index (χ4n) is 4.01. The molecular formula is C28H54O4. The molecule has 0 fully saturated rings. The summed E-state index contributed by atoms with van der Waals surface area (Å²) in [6.07, 6.45) is 19.6. The van der Waals surface area contributed by atoms with E-state index in [0.717, 1.165) is 44.9 Å². The van der Waals surface area contributed by atoms with E-state index in [1.807, 2.05) is 0 Å². The van der Waals surface area contributed by atoms with E-state index in [-0.39, 0.29) is 11.9 Å². The quantitative estimate of drug-likeness (QED) is 0.115. The molecule has 0 aliphatic heterocycles. The standard InChI is InChI=1S/C28H54O4/c1-5-7-9-18-22-31-27(29)21-17-15-13-11-12-14-16-20-26(25(3)4)24-28(30)32-23-19-10-8-6-2/h25-26H,5-24H2,1-4H3. The van der Waals surface area contributed by atoms with Gasteiger partial charge in [-0.05, 0) is 37.5 Å². The average molecular weight is 455 g/mol. The van der Waals surface area contributed by atoms with Gasteiger partial charge in [-0.2, -0.15) is 0 Å². The van der Waals surface area contributed by atoms with Crippen LogP contribution in [0.3, 0.4) is 0 Å². The van der Waals surface area contributed by atoms with Gasteiger partial charge in [0, 0.05) is 12.8 Å². The van der Waals surface area contributed by atoms with Crippen LogP contribution in [0.5, 0.6) is 0 Å². The predicted molar refractivity (Wildman–Crippen MR) is 135 cm³/mol. The van der Waals surface area contributed by atoms with Crippen LogP contribution in [-0.2, 0) is 19.1 Å². The maximum atomic E-state index is 12.1. The second kappa shape index (κ2) is 23.1. The summed E-state index contributed by atoms with van der Waals surface area (Å²) >= 11 is 0. The van der Waals surface area contributed by atoms with Crippen LogP contribution in [0.1, 0.15) is 143 Å². The van der Waals surface area contributed by atoms with E-state index in [0.29, 0.717) is 37.9 Å². The highest BCUT2D eigenvalue weighted by Gasteiger charge is 2.18. The van der Waals surface area contributed by atoms with Gasteiger partial charge in [0.1, 0.15) is 0 Å². The van der Waals surface area contributed by atoms with Crippen molar-refractivity contribution < 1.29 is 19.1 Å². The normalized spacial score (nSPS) is 12.2. The molecule has 32 heavy (non-hydrogen) atoms. The molecule has 0 aromatic heterocycles. The Balaban J connectivity index is 3.62. The molecule has 0 aliphatic rings. The lowest BCUT2D eigenvalue weighted by molar-refractivity contribution is -0.145. The molecule has 4 heteroatoms. The molecule has 0 aromatic carbocycles. The molecule has 0 spiro atoms. The number of carbonyl (C=O) groups is 2. The van der Waals surface area contributed by atoms with E-state index in [1.54, 1.807) is 0 Å². The number of rotatable bonds is 23. The minimum atomic E-state index is -0.0271. The lowest BCUT2D eigenvalue weighted by atomic mass is 9.87. The molecule has 0 N–H and O–H groups in total. The Morgan fingerprint density at radius 2 is 1.06 bits per heavy atom. The molecule has 1 unspecified atom stereocenters. The highest BCUT2D eigenvalue weighted by atomic mass is 16.5. The van der Waals surface area contributed by atoms with Crippen molar-refractivity contribution in [3.8, 4) is 0 Å². The summed E-state index contributed by atoms with van der Waals surface area (Å²) in [5.41, 5.74) is 0. The van der Waals surface area contributed by atoms with E-state index in [4.69, 9.17) is 9.47 Å². The molecule has 0 bridgehead atoms. The number of ether oxygens (including phenoxy) is 2. The number of hydrogen-bond acceptors (Lipinski definition) is 4. The summed E-state index contributed by atoms with van der Waals surface area (Å²) in [4.78, 5) is 23.8. The lowest BCUT2D eigenvalue weighted by Gasteiger charge is -2.20. The van der Waals surface area contributed by atoms with E-state index in [2.05, 4.69) is 27.7 Å². The molecule has 190 valence electrons. The lowest BCUT2D eigenvalue weighted by Crippen LogP contribution is -2.17. The van der Waals surface area contributed by atoms with Gasteiger partial charge in [0.25, 0.3) is 0 Å². The highest BCUT2D eigenvalue weighted by Crippen LogP contribution is 2.23. The first-order valence-electron chi connectivity index (χ1n) is 13.8. The Hall–Kier alpha value is -1.06. The average Bonchev–Trinajstić information content (AvgIpc) is 2.76. The fraction of sp³-hybridized carbons (Fsp3) is 0.929. The van der Waals surface area contributed by atoms with Crippen molar-refractivity contribution in [2.45, 2.75) is 143 Å². The minimum Gasteiger partial charge on any atom is -0.466 e. The van der Waals surface area contributed by atoms with Crippen molar-refractivity contribution in [2.75, 3.05) is 13.2 Å². The van der Waals surface area contributed by atoms with Crippen LogP contribution >= 0.6 is 0 Å². The van der Waals surface area contributed by atoms with Crippen LogP contribution in [0.4, 0.5) is 0 Å². The number of carbonyl (C=O) groups excluding carboxylic acids is 2. The zero-order valence-corrected chi connectivity index (χ0v) is 21.9. The summed E-state index contributed by atoms with van der Waals surface area (Å²) in [7, 11) is 0. The second-order valence-electron chi connectivity index (χ2n) is 9.78. The Morgan fingerprint density at radius 1 is 0.594 bits per heavy atom. The maximum Gasteiger partial charge on any atom is 0.306 e. The van der Waals surface area contributed by atoms with Gasteiger partial charge in [0.05, 0.1) is 13.2 Å². The van der Waals surface area contributed by atoms with Gasteiger partial charge < -0.3 is 9.47 Å². The summed E-state index contributed by atoms with van der Waals surface area (Å²) < 4.78 is 10.7. The Kier molecular flexibility index (Phi) is 22.3. The molecule has 0 heterocycles. The molecule has 0 saturated carbocycles. The molecule has 0 radical (unpaired) electrons. The molecular weight excluding hydrogens is 400 g/mol. The van der Waals surface area contributed by atoms with Crippen molar-refractivity contribution in [1.29, 1.82) is 0 Å². The van der Waals surface area contributed by atoms with Crippen LogP contribution < -0.4 is 0 Å². The van der Waals surface area contributed by atoms with Crippen molar-refractivity contribution in [2.24, 2.45) is 11.8 Å². The predicted octanol–water partition coefficient (Wildman–Crippen LogP) is 8.41. The van der Waals surface area contributed by atoms with Crippen molar-refractivity contribution in [1.82, 2.24) is 0 Å².